The molecule has 6 nitrogen and oxygen atoms in total. The molecule has 0 radical (unpaired) electrons. The first-order valence-corrected chi connectivity index (χ1v) is 10.6. The quantitative estimate of drug-likeness (QED) is 0.662. The van der Waals surface area contributed by atoms with Gasteiger partial charge in [-0.1, -0.05) is 25.0 Å². The molecule has 2 aromatic carbocycles. The standard InChI is InChI=1S/C24H29FN2O4/c1-17(24(29)26-20-5-3-4-6-20)27(15-18-7-9-19(25)10-8-18)23(28)16-31-22-13-11-21(30-2)12-14-22/h7-14,17,20H,3-6,15-16H2,1-2H3,(H,26,29). The molecule has 7 heteroatoms. The summed E-state index contributed by atoms with van der Waals surface area (Å²) in [6.45, 7) is 1.68. The third-order valence-corrected chi connectivity index (χ3v) is 5.56. The van der Waals surface area contributed by atoms with Gasteiger partial charge in [-0.2, -0.15) is 0 Å². The van der Waals surface area contributed by atoms with Crippen molar-refractivity contribution in [2.24, 2.45) is 0 Å². The third kappa shape index (κ3) is 6.44. The number of ether oxygens (including phenoxy) is 2. The van der Waals surface area contributed by atoms with E-state index >= 15 is 0 Å². The van der Waals surface area contributed by atoms with E-state index in [1.807, 2.05) is 0 Å². The average molecular weight is 429 g/mol. The number of carbonyl (C=O) groups is 2. The highest BCUT2D eigenvalue weighted by atomic mass is 19.1. The Balaban J connectivity index is 1.68. The summed E-state index contributed by atoms with van der Waals surface area (Å²) in [7, 11) is 1.57. The number of benzene rings is 2. The molecular formula is C24H29FN2O4. The van der Waals surface area contributed by atoms with E-state index < -0.39 is 6.04 Å². The Morgan fingerprint density at radius 1 is 1.06 bits per heavy atom. The maximum atomic E-state index is 13.3. The van der Waals surface area contributed by atoms with Crippen LogP contribution in [-0.4, -0.2) is 42.5 Å². The van der Waals surface area contributed by atoms with E-state index in [1.54, 1.807) is 50.4 Å². The van der Waals surface area contributed by atoms with Crippen LogP contribution in [0.25, 0.3) is 0 Å². The number of hydrogen-bond acceptors (Lipinski definition) is 4. The van der Waals surface area contributed by atoms with Crippen LogP contribution in [0.1, 0.15) is 38.2 Å². The molecule has 0 heterocycles. The number of methoxy groups -OCH3 is 1. The van der Waals surface area contributed by atoms with E-state index in [-0.39, 0.29) is 36.8 Å². The van der Waals surface area contributed by atoms with E-state index in [4.69, 9.17) is 9.47 Å². The summed E-state index contributed by atoms with van der Waals surface area (Å²) < 4.78 is 24.0. The molecule has 0 aliphatic heterocycles. The summed E-state index contributed by atoms with van der Waals surface area (Å²) in [6.07, 6.45) is 4.14. The molecule has 1 aliphatic rings. The van der Waals surface area contributed by atoms with E-state index in [9.17, 15) is 14.0 Å². The van der Waals surface area contributed by atoms with Gasteiger partial charge >= 0.3 is 0 Å². The molecule has 3 rings (SSSR count). The van der Waals surface area contributed by atoms with Crippen molar-refractivity contribution in [3.63, 3.8) is 0 Å². The zero-order valence-electron chi connectivity index (χ0n) is 18.0. The van der Waals surface area contributed by atoms with Crippen molar-refractivity contribution in [3.05, 3.63) is 59.9 Å². The van der Waals surface area contributed by atoms with Gasteiger partial charge in [-0.15, -0.1) is 0 Å². The van der Waals surface area contributed by atoms with Gasteiger partial charge in [0.2, 0.25) is 5.91 Å². The summed E-state index contributed by atoms with van der Waals surface area (Å²) in [5.41, 5.74) is 0.736. The number of nitrogens with one attached hydrogen (secondary N) is 1. The normalized spacial score (nSPS) is 14.7. The zero-order valence-corrected chi connectivity index (χ0v) is 18.0. The first-order valence-electron chi connectivity index (χ1n) is 10.6. The SMILES string of the molecule is COc1ccc(OCC(=O)N(Cc2ccc(F)cc2)C(C)C(=O)NC2CCCC2)cc1. The van der Waals surface area contributed by atoms with Crippen molar-refractivity contribution in [3.8, 4) is 11.5 Å². The number of nitrogens with zero attached hydrogens (tertiary/aromatic N) is 1. The Bertz CT molecular complexity index is 864. The van der Waals surface area contributed by atoms with Gasteiger partial charge < -0.3 is 19.7 Å². The molecule has 2 amide bonds. The van der Waals surface area contributed by atoms with Crippen LogP contribution in [0.4, 0.5) is 4.39 Å². The fourth-order valence-corrected chi connectivity index (χ4v) is 3.66. The largest absolute Gasteiger partial charge is 0.497 e. The van der Waals surface area contributed by atoms with Crippen molar-refractivity contribution in [2.45, 2.75) is 51.2 Å². The summed E-state index contributed by atoms with van der Waals surface area (Å²) in [5.74, 6) is 0.352. The van der Waals surface area contributed by atoms with E-state index in [0.717, 1.165) is 31.2 Å². The van der Waals surface area contributed by atoms with Crippen LogP contribution < -0.4 is 14.8 Å². The molecule has 0 spiro atoms. The molecule has 1 fully saturated rings. The maximum Gasteiger partial charge on any atom is 0.261 e. The van der Waals surface area contributed by atoms with Crippen LogP contribution in [0.15, 0.2) is 48.5 Å². The van der Waals surface area contributed by atoms with Crippen molar-refractivity contribution >= 4 is 11.8 Å². The predicted octanol–water partition coefficient (Wildman–Crippen LogP) is 3.69. The number of hydrogen-bond donors (Lipinski definition) is 1. The molecule has 1 atom stereocenters. The minimum atomic E-state index is -0.683. The van der Waals surface area contributed by atoms with Crippen molar-refractivity contribution in [1.82, 2.24) is 10.2 Å². The topological polar surface area (TPSA) is 67.9 Å². The molecule has 166 valence electrons. The summed E-state index contributed by atoms with van der Waals surface area (Å²) in [5, 5.41) is 3.05. The van der Waals surface area contributed by atoms with E-state index in [2.05, 4.69) is 5.32 Å². The number of rotatable bonds is 9. The number of amides is 2. The van der Waals surface area contributed by atoms with Crippen LogP contribution in [0.5, 0.6) is 11.5 Å². The van der Waals surface area contributed by atoms with Gasteiger partial charge in [-0.05, 0) is 61.7 Å². The van der Waals surface area contributed by atoms with Gasteiger partial charge in [-0.3, -0.25) is 9.59 Å². The first kappa shape index (κ1) is 22.6. The number of halogens is 1. The van der Waals surface area contributed by atoms with Crippen LogP contribution in [0.3, 0.4) is 0 Å². The highest BCUT2D eigenvalue weighted by Gasteiger charge is 2.28. The van der Waals surface area contributed by atoms with Gasteiger partial charge in [0.25, 0.3) is 5.91 Å². The molecule has 1 N–H and O–H groups in total. The summed E-state index contributed by atoms with van der Waals surface area (Å²) >= 11 is 0. The second kappa shape index (κ2) is 10.8. The van der Waals surface area contributed by atoms with Crippen molar-refractivity contribution in [1.29, 1.82) is 0 Å². The average Bonchev–Trinajstić information content (AvgIpc) is 3.30. The smallest absolute Gasteiger partial charge is 0.261 e. The predicted molar refractivity (Wildman–Crippen MR) is 115 cm³/mol. The Labute approximate surface area is 182 Å². The minimum Gasteiger partial charge on any atom is -0.497 e. The zero-order chi connectivity index (χ0) is 22.2. The summed E-state index contributed by atoms with van der Waals surface area (Å²) in [4.78, 5) is 27.3. The molecule has 1 aliphatic carbocycles. The lowest BCUT2D eigenvalue weighted by Crippen LogP contribution is -2.50. The third-order valence-electron chi connectivity index (χ3n) is 5.56. The van der Waals surface area contributed by atoms with Crippen LogP contribution >= 0.6 is 0 Å². The Morgan fingerprint density at radius 3 is 2.29 bits per heavy atom. The van der Waals surface area contributed by atoms with Crippen molar-refractivity contribution < 1.29 is 23.5 Å². The fourth-order valence-electron chi connectivity index (χ4n) is 3.66. The lowest BCUT2D eigenvalue weighted by Gasteiger charge is -2.29. The lowest BCUT2D eigenvalue weighted by atomic mass is 10.1. The van der Waals surface area contributed by atoms with E-state index in [1.165, 1.54) is 17.0 Å². The molecule has 0 aromatic heterocycles. The summed E-state index contributed by atoms with van der Waals surface area (Å²) in [6, 6.07) is 12.3. The maximum absolute atomic E-state index is 13.3. The van der Waals surface area contributed by atoms with Crippen LogP contribution in [-0.2, 0) is 16.1 Å². The molecule has 0 bridgehead atoms. The molecule has 1 unspecified atom stereocenters. The Hall–Kier alpha value is -3.09. The number of carbonyl (C=O) groups excluding carboxylic acids is 2. The van der Waals surface area contributed by atoms with Gasteiger partial charge in [0.05, 0.1) is 7.11 Å². The van der Waals surface area contributed by atoms with Gasteiger partial charge in [0.1, 0.15) is 23.4 Å². The highest BCUT2D eigenvalue weighted by Crippen LogP contribution is 2.19. The second-order valence-electron chi connectivity index (χ2n) is 7.78. The van der Waals surface area contributed by atoms with Crippen LogP contribution in [0.2, 0.25) is 0 Å². The minimum absolute atomic E-state index is 0.160. The lowest BCUT2D eigenvalue weighted by molar-refractivity contribution is -0.142. The molecular weight excluding hydrogens is 399 g/mol. The Morgan fingerprint density at radius 2 is 1.68 bits per heavy atom. The molecule has 0 saturated heterocycles. The first-order chi connectivity index (χ1) is 15.0. The Kier molecular flexibility index (Phi) is 7.87. The van der Waals surface area contributed by atoms with E-state index in [0.29, 0.717) is 11.5 Å². The fraction of sp³-hybridized carbons (Fsp3) is 0.417. The molecule has 1 saturated carbocycles. The van der Waals surface area contributed by atoms with Gasteiger partial charge in [0.15, 0.2) is 6.61 Å². The van der Waals surface area contributed by atoms with Gasteiger partial charge in [-0.25, -0.2) is 4.39 Å². The molecule has 31 heavy (non-hydrogen) atoms. The van der Waals surface area contributed by atoms with Crippen LogP contribution in [0, 0.1) is 5.82 Å². The molecule has 2 aromatic rings. The second-order valence-corrected chi connectivity index (χ2v) is 7.78. The van der Waals surface area contributed by atoms with Crippen molar-refractivity contribution in [2.75, 3.05) is 13.7 Å². The van der Waals surface area contributed by atoms with Gasteiger partial charge in [0, 0.05) is 12.6 Å². The highest BCUT2D eigenvalue weighted by molar-refractivity contribution is 5.88. The monoisotopic (exact) mass is 428 g/mol.